The van der Waals surface area contributed by atoms with Crippen molar-refractivity contribution in [3.8, 4) is 6.07 Å². The number of hydrogen-bond donors (Lipinski definition) is 2. The molecule has 0 saturated carbocycles. The van der Waals surface area contributed by atoms with E-state index in [0.717, 1.165) is 5.56 Å². The SMILES string of the molecule is Cc1ccc(N)cc1NS(=O)(=O)c1cccnc1C#N. The summed E-state index contributed by atoms with van der Waals surface area (Å²) in [6.07, 6.45) is 1.36. The van der Waals surface area contributed by atoms with Crippen molar-refractivity contribution >= 4 is 21.4 Å². The first kappa shape index (κ1) is 13.8. The molecule has 0 amide bonds. The molecule has 1 heterocycles. The van der Waals surface area contributed by atoms with Crippen LogP contribution in [0.5, 0.6) is 0 Å². The number of aromatic nitrogens is 1. The van der Waals surface area contributed by atoms with E-state index in [1.807, 2.05) is 0 Å². The summed E-state index contributed by atoms with van der Waals surface area (Å²) in [6, 6.07) is 9.46. The Morgan fingerprint density at radius 2 is 2.10 bits per heavy atom. The first-order chi connectivity index (χ1) is 9.44. The number of aryl methyl sites for hydroxylation is 1. The molecule has 0 aliphatic carbocycles. The van der Waals surface area contributed by atoms with Gasteiger partial charge in [-0.3, -0.25) is 4.72 Å². The molecule has 2 aromatic rings. The number of nitriles is 1. The fourth-order valence-electron chi connectivity index (χ4n) is 1.64. The van der Waals surface area contributed by atoms with Gasteiger partial charge >= 0.3 is 0 Å². The predicted octanol–water partition coefficient (Wildman–Crippen LogP) is 1.64. The monoisotopic (exact) mass is 288 g/mol. The molecule has 20 heavy (non-hydrogen) atoms. The van der Waals surface area contributed by atoms with Crippen molar-refractivity contribution in [2.24, 2.45) is 0 Å². The summed E-state index contributed by atoms with van der Waals surface area (Å²) in [5, 5.41) is 8.92. The van der Waals surface area contributed by atoms with Crippen LogP contribution in [0.25, 0.3) is 0 Å². The van der Waals surface area contributed by atoms with Gasteiger partial charge in [-0.1, -0.05) is 6.07 Å². The highest BCUT2D eigenvalue weighted by Gasteiger charge is 2.20. The second-order valence-electron chi connectivity index (χ2n) is 4.14. The first-order valence-corrected chi connectivity index (χ1v) is 7.16. The first-order valence-electron chi connectivity index (χ1n) is 5.68. The Balaban J connectivity index is 2.47. The van der Waals surface area contributed by atoms with E-state index in [0.29, 0.717) is 11.4 Å². The molecule has 0 bridgehead atoms. The third kappa shape index (κ3) is 2.70. The zero-order chi connectivity index (χ0) is 14.8. The van der Waals surface area contributed by atoms with Crippen molar-refractivity contribution in [2.75, 3.05) is 10.5 Å². The molecule has 0 spiro atoms. The zero-order valence-corrected chi connectivity index (χ0v) is 11.5. The molecule has 3 N–H and O–H groups in total. The van der Waals surface area contributed by atoms with E-state index in [4.69, 9.17) is 11.0 Å². The number of rotatable bonds is 3. The third-order valence-corrected chi connectivity index (χ3v) is 4.07. The van der Waals surface area contributed by atoms with Gasteiger partial charge in [0, 0.05) is 11.9 Å². The molecule has 1 aromatic heterocycles. The summed E-state index contributed by atoms with van der Waals surface area (Å²) >= 11 is 0. The van der Waals surface area contributed by atoms with Gasteiger partial charge in [0.05, 0.1) is 5.69 Å². The van der Waals surface area contributed by atoms with Crippen molar-refractivity contribution < 1.29 is 8.42 Å². The van der Waals surface area contributed by atoms with Crippen molar-refractivity contribution in [2.45, 2.75) is 11.8 Å². The Hall–Kier alpha value is -2.59. The summed E-state index contributed by atoms with van der Waals surface area (Å²) < 4.78 is 27.0. The van der Waals surface area contributed by atoms with E-state index < -0.39 is 10.0 Å². The molecule has 1 aromatic carbocycles. The summed E-state index contributed by atoms with van der Waals surface area (Å²) in [5.74, 6) is 0. The third-order valence-electron chi connectivity index (χ3n) is 2.67. The number of benzene rings is 1. The van der Waals surface area contributed by atoms with Crippen molar-refractivity contribution in [1.82, 2.24) is 4.98 Å². The molecular weight excluding hydrogens is 276 g/mol. The van der Waals surface area contributed by atoms with Gasteiger partial charge in [0.25, 0.3) is 10.0 Å². The van der Waals surface area contributed by atoms with E-state index in [1.54, 1.807) is 25.1 Å². The van der Waals surface area contributed by atoms with Gasteiger partial charge in [-0.2, -0.15) is 5.26 Å². The molecule has 6 nitrogen and oxygen atoms in total. The number of nitrogens with two attached hydrogens (primary N) is 1. The summed E-state index contributed by atoms with van der Waals surface area (Å²) in [6.45, 7) is 1.76. The van der Waals surface area contributed by atoms with Gasteiger partial charge < -0.3 is 5.73 Å². The van der Waals surface area contributed by atoms with Crippen molar-refractivity contribution in [3.63, 3.8) is 0 Å². The van der Waals surface area contributed by atoms with Gasteiger partial charge in [0.15, 0.2) is 5.69 Å². The van der Waals surface area contributed by atoms with E-state index in [1.165, 1.54) is 24.4 Å². The molecule has 0 aliphatic heterocycles. The lowest BCUT2D eigenvalue weighted by molar-refractivity contribution is 0.600. The minimum Gasteiger partial charge on any atom is -0.399 e. The fourth-order valence-corrected chi connectivity index (χ4v) is 2.87. The van der Waals surface area contributed by atoms with E-state index >= 15 is 0 Å². The van der Waals surface area contributed by atoms with Crippen LogP contribution < -0.4 is 10.5 Å². The van der Waals surface area contributed by atoms with Crippen molar-refractivity contribution in [1.29, 1.82) is 5.26 Å². The normalized spacial score (nSPS) is 10.8. The van der Waals surface area contributed by atoms with Crippen LogP contribution in [0.1, 0.15) is 11.3 Å². The molecule has 0 fully saturated rings. The second kappa shape index (κ2) is 5.19. The van der Waals surface area contributed by atoms with Gasteiger partial charge in [-0.15, -0.1) is 0 Å². The van der Waals surface area contributed by atoms with Crippen molar-refractivity contribution in [3.05, 3.63) is 47.8 Å². The maximum Gasteiger partial charge on any atom is 0.264 e. The molecule has 7 heteroatoms. The largest absolute Gasteiger partial charge is 0.399 e. The zero-order valence-electron chi connectivity index (χ0n) is 10.7. The standard InChI is InChI=1S/C13H12N4O2S/c1-9-4-5-10(15)7-11(9)17-20(18,19)13-3-2-6-16-12(13)8-14/h2-7,17H,15H2,1H3. The molecule has 0 radical (unpaired) electrons. The van der Waals surface area contributed by atoms with Crippen LogP contribution in [0.2, 0.25) is 0 Å². The average molecular weight is 288 g/mol. The van der Waals surface area contributed by atoms with E-state index in [9.17, 15) is 8.42 Å². The van der Waals surface area contributed by atoms with Gasteiger partial charge in [0.1, 0.15) is 11.0 Å². The lowest BCUT2D eigenvalue weighted by Crippen LogP contribution is -2.15. The topological polar surface area (TPSA) is 109 Å². The number of nitrogens with zero attached hydrogens (tertiary/aromatic N) is 2. The molecule has 102 valence electrons. The van der Waals surface area contributed by atoms with Crippen LogP contribution in [0, 0.1) is 18.3 Å². The highest BCUT2D eigenvalue weighted by atomic mass is 32.2. The molecule has 0 atom stereocenters. The Morgan fingerprint density at radius 1 is 1.35 bits per heavy atom. The minimum atomic E-state index is -3.89. The number of nitrogen functional groups attached to an aromatic ring is 1. The van der Waals surface area contributed by atoms with E-state index in [-0.39, 0.29) is 10.6 Å². The Morgan fingerprint density at radius 3 is 2.80 bits per heavy atom. The number of sulfonamides is 1. The Bertz CT molecular complexity index is 794. The van der Waals surface area contributed by atoms with Crippen LogP contribution >= 0.6 is 0 Å². The highest BCUT2D eigenvalue weighted by molar-refractivity contribution is 7.92. The Labute approximate surface area is 116 Å². The van der Waals surface area contributed by atoms with Gasteiger partial charge in [0.2, 0.25) is 0 Å². The summed E-state index contributed by atoms with van der Waals surface area (Å²) in [4.78, 5) is 3.58. The maximum absolute atomic E-state index is 12.3. The molecule has 0 saturated heterocycles. The summed E-state index contributed by atoms with van der Waals surface area (Å²) in [5.41, 5.74) is 7.03. The van der Waals surface area contributed by atoms with Crippen LogP contribution in [0.3, 0.4) is 0 Å². The molecular formula is C13H12N4O2S. The Kier molecular flexibility index (Phi) is 3.59. The lowest BCUT2D eigenvalue weighted by atomic mass is 10.2. The highest BCUT2D eigenvalue weighted by Crippen LogP contribution is 2.22. The number of anilines is 2. The predicted molar refractivity (Wildman–Crippen MR) is 75.4 cm³/mol. The average Bonchev–Trinajstić information content (AvgIpc) is 2.42. The fraction of sp³-hybridized carbons (Fsp3) is 0.0769. The number of nitrogens with one attached hydrogen (secondary N) is 1. The smallest absolute Gasteiger partial charge is 0.264 e. The van der Waals surface area contributed by atoms with Gasteiger partial charge in [-0.25, -0.2) is 13.4 Å². The number of hydrogen-bond acceptors (Lipinski definition) is 5. The second-order valence-corrected chi connectivity index (χ2v) is 5.79. The van der Waals surface area contributed by atoms with Gasteiger partial charge in [-0.05, 0) is 36.8 Å². The molecule has 0 aliphatic rings. The van der Waals surface area contributed by atoms with E-state index in [2.05, 4.69) is 9.71 Å². The maximum atomic E-state index is 12.3. The van der Waals surface area contributed by atoms with Crippen LogP contribution in [0.15, 0.2) is 41.4 Å². The number of pyridine rings is 1. The molecule has 0 unspecified atom stereocenters. The molecule has 2 rings (SSSR count). The van der Waals surface area contributed by atoms with Crippen LogP contribution in [-0.4, -0.2) is 13.4 Å². The lowest BCUT2D eigenvalue weighted by Gasteiger charge is -2.11. The van der Waals surface area contributed by atoms with Crippen LogP contribution in [0.4, 0.5) is 11.4 Å². The quantitative estimate of drug-likeness (QED) is 0.834. The summed E-state index contributed by atoms with van der Waals surface area (Å²) in [7, 11) is -3.89. The van der Waals surface area contributed by atoms with Crippen LogP contribution in [-0.2, 0) is 10.0 Å². The minimum absolute atomic E-state index is 0.151.